The van der Waals surface area contributed by atoms with Crippen LogP contribution in [0.15, 0.2) is 24.7 Å². The fraction of sp³-hybridized carbons (Fsp3) is 0. The number of aromatic nitrogens is 2. The molecule has 88 valence electrons. The van der Waals surface area contributed by atoms with Crippen molar-refractivity contribution in [2.75, 3.05) is 5.32 Å². The van der Waals surface area contributed by atoms with Crippen LogP contribution in [-0.4, -0.2) is 9.97 Å². The Balaban J connectivity index is 2.40. The Kier molecular flexibility index (Phi) is 4.01. The van der Waals surface area contributed by atoms with E-state index in [0.29, 0.717) is 11.5 Å². The molecule has 0 fully saturated rings. The molecule has 0 aliphatic carbocycles. The molecule has 0 unspecified atom stereocenters. The molecule has 0 aliphatic rings. The second-order valence-electron chi connectivity index (χ2n) is 3.09. The van der Waals surface area contributed by atoms with Gasteiger partial charge in [0.2, 0.25) is 0 Å². The quantitative estimate of drug-likeness (QED) is 0.787. The summed E-state index contributed by atoms with van der Waals surface area (Å²) in [5, 5.41) is 3.34. The molecule has 2 aromatic rings. The van der Waals surface area contributed by atoms with Crippen LogP contribution in [-0.2, 0) is 0 Å². The first-order valence-corrected chi connectivity index (χ1v) is 6.28. The lowest BCUT2D eigenvalue weighted by Gasteiger charge is -2.10. The zero-order valence-corrected chi connectivity index (χ0v) is 11.9. The average molecular weight is 384 g/mol. The summed E-state index contributed by atoms with van der Waals surface area (Å²) in [6, 6.07) is 2.37. The first-order valence-electron chi connectivity index (χ1n) is 4.45. The number of halogens is 4. The SMILES string of the molecule is Fc1cc(Cl)c(Nc2ncncc2I)c(Cl)c1. The summed E-state index contributed by atoms with van der Waals surface area (Å²) in [6.45, 7) is 0. The normalized spacial score (nSPS) is 10.4. The minimum Gasteiger partial charge on any atom is -0.337 e. The zero-order chi connectivity index (χ0) is 12.4. The Morgan fingerprint density at radius 2 is 1.88 bits per heavy atom. The van der Waals surface area contributed by atoms with Crippen LogP contribution in [0.4, 0.5) is 15.9 Å². The third kappa shape index (κ3) is 2.97. The largest absolute Gasteiger partial charge is 0.337 e. The fourth-order valence-electron chi connectivity index (χ4n) is 1.18. The number of hydrogen-bond donors (Lipinski definition) is 1. The van der Waals surface area contributed by atoms with E-state index >= 15 is 0 Å². The number of anilines is 2. The van der Waals surface area contributed by atoms with Gasteiger partial charge in [-0.15, -0.1) is 0 Å². The lowest BCUT2D eigenvalue weighted by atomic mass is 10.3. The molecule has 0 saturated carbocycles. The lowest BCUT2D eigenvalue weighted by Crippen LogP contribution is -1.98. The molecule has 3 nitrogen and oxygen atoms in total. The van der Waals surface area contributed by atoms with E-state index in [4.69, 9.17) is 23.2 Å². The van der Waals surface area contributed by atoms with Crippen LogP contribution < -0.4 is 5.32 Å². The number of benzene rings is 1. The summed E-state index contributed by atoms with van der Waals surface area (Å²) in [5.74, 6) is 0.0824. The number of hydrogen-bond acceptors (Lipinski definition) is 3. The number of nitrogens with zero attached hydrogens (tertiary/aromatic N) is 2. The van der Waals surface area contributed by atoms with Crippen LogP contribution in [0, 0.1) is 9.39 Å². The first-order chi connectivity index (χ1) is 8.08. The Bertz CT molecular complexity index is 542. The van der Waals surface area contributed by atoms with Crippen LogP contribution in [0.1, 0.15) is 0 Å². The molecule has 1 heterocycles. The summed E-state index contributed by atoms with van der Waals surface area (Å²) in [7, 11) is 0. The van der Waals surface area contributed by atoms with Gasteiger partial charge in [0.25, 0.3) is 0 Å². The van der Waals surface area contributed by atoms with Crippen LogP contribution in [0.5, 0.6) is 0 Å². The van der Waals surface area contributed by atoms with Gasteiger partial charge in [-0.25, -0.2) is 14.4 Å². The Labute approximate surface area is 121 Å². The van der Waals surface area contributed by atoms with Crippen molar-refractivity contribution in [3.63, 3.8) is 0 Å². The smallest absolute Gasteiger partial charge is 0.147 e. The molecule has 0 amide bonds. The summed E-state index contributed by atoms with van der Waals surface area (Å²) in [6.07, 6.45) is 3.04. The van der Waals surface area contributed by atoms with E-state index in [-0.39, 0.29) is 10.0 Å². The standard InChI is InChI=1S/C10H5Cl2FIN3/c11-6-1-5(13)2-7(12)9(6)17-10-8(14)3-15-4-16-10/h1-4H,(H,15,16,17). The monoisotopic (exact) mass is 383 g/mol. The van der Waals surface area contributed by atoms with Gasteiger partial charge in [0.15, 0.2) is 0 Å². The van der Waals surface area contributed by atoms with Crippen LogP contribution >= 0.6 is 45.8 Å². The predicted molar refractivity (Wildman–Crippen MR) is 74.5 cm³/mol. The van der Waals surface area contributed by atoms with E-state index in [1.807, 2.05) is 0 Å². The van der Waals surface area contributed by atoms with E-state index < -0.39 is 5.82 Å². The summed E-state index contributed by atoms with van der Waals surface area (Å²) >= 11 is 13.9. The van der Waals surface area contributed by atoms with Crippen molar-refractivity contribution in [3.8, 4) is 0 Å². The van der Waals surface area contributed by atoms with E-state index in [1.165, 1.54) is 18.5 Å². The van der Waals surface area contributed by atoms with E-state index in [0.717, 1.165) is 3.57 Å². The van der Waals surface area contributed by atoms with E-state index in [2.05, 4.69) is 37.9 Å². The molecular formula is C10H5Cl2FIN3. The van der Waals surface area contributed by atoms with Crippen molar-refractivity contribution in [2.45, 2.75) is 0 Å². The minimum absolute atomic E-state index is 0.199. The number of rotatable bonds is 2. The Hall–Kier alpha value is -0.660. The lowest BCUT2D eigenvalue weighted by molar-refractivity contribution is 0.628. The third-order valence-corrected chi connectivity index (χ3v) is 3.30. The highest BCUT2D eigenvalue weighted by atomic mass is 127. The fourth-order valence-corrected chi connectivity index (χ4v) is 2.17. The van der Waals surface area contributed by atoms with Crippen molar-refractivity contribution >= 4 is 57.3 Å². The van der Waals surface area contributed by atoms with E-state index in [9.17, 15) is 4.39 Å². The minimum atomic E-state index is -0.483. The van der Waals surface area contributed by atoms with Gasteiger partial charge in [0.1, 0.15) is 18.0 Å². The number of nitrogens with one attached hydrogen (secondary N) is 1. The molecule has 0 atom stereocenters. The van der Waals surface area contributed by atoms with Crippen molar-refractivity contribution in [3.05, 3.63) is 44.1 Å². The van der Waals surface area contributed by atoms with Crippen LogP contribution in [0.25, 0.3) is 0 Å². The molecule has 2 rings (SSSR count). The van der Waals surface area contributed by atoms with E-state index in [1.54, 1.807) is 6.20 Å². The molecule has 1 N–H and O–H groups in total. The van der Waals surface area contributed by atoms with Gasteiger partial charge in [0.05, 0.1) is 19.3 Å². The average Bonchev–Trinajstić information content (AvgIpc) is 2.25. The highest BCUT2D eigenvalue weighted by Crippen LogP contribution is 2.34. The molecule has 0 radical (unpaired) electrons. The van der Waals surface area contributed by atoms with Crippen molar-refractivity contribution in [2.24, 2.45) is 0 Å². The van der Waals surface area contributed by atoms with Gasteiger partial charge in [-0.1, -0.05) is 23.2 Å². The van der Waals surface area contributed by atoms with Crippen LogP contribution in [0.2, 0.25) is 10.0 Å². The van der Waals surface area contributed by atoms with Gasteiger partial charge < -0.3 is 5.32 Å². The first kappa shape index (κ1) is 12.8. The summed E-state index contributed by atoms with van der Waals surface area (Å²) in [4.78, 5) is 7.90. The Morgan fingerprint density at radius 3 is 2.47 bits per heavy atom. The molecular weight excluding hydrogens is 379 g/mol. The van der Waals surface area contributed by atoms with Crippen molar-refractivity contribution < 1.29 is 4.39 Å². The zero-order valence-electron chi connectivity index (χ0n) is 8.22. The molecule has 0 spiro atoms. The van der Waals surface area contributed by atoms with Crippen molar-refractivity contribution in [1.29, 1.82) is 0 Å². The summed E-state index contributed by atoms with van der Waals surface area (Å²) in [5.41, 5.74) is 0.423. The van der Waals surface area contributed by atoms with Crippen molar-refractivity contribution in [1.82, 2.24) is 9.97 Å². The molecule has 0 bridgehead atoms. The maximum Gasteiger partial charge on any atom is 0.147 e. The van der Waals surface area contributed by atoms with Gasteiger partial charge in [-0.2, -0.15) is 0 Å². The molecule has 7 heteroatoms. The topological polar surface area (TPSA) is 37.8 Å². The van der Waals surface area contributed by atoms with Gasteiger partial charge >= 0.3 is 0 Å². The van der Waals surface area contributed by atoms with Crippen LogP contribution in [0.3, 0.4) is 0 Å². The molecule has 17 heavy (non-hydrogen) atoms. The second-order valence-corrected chi connectivity index (χ2v) is 5.07. The maximum atomic E-state index is 13.0. The third-order valence-electron chi connectivity index (χ3n) is 1.92. The molecule has 0 aliphatic heterocycles. The van der Waals surface area contributed by atoms with Gasteiger partial charge in [0, 0.05) is 6.20 Å². The molecule has 1 aromatic heterocycles. The Morgan fingerprint density at radius 1 is 1.24 bits per heavy atom. The highest BCUT2D eigenvalue weighted by Gasteiger charge is 2.10. The molecule has 0 saturated heterocycles. The molecule has 1 aromatic carbocycles. The van der Waals surface area contributed by atoms with Gasteiger partial charge in [-0.05, 0) is 34.7 Å². The maximum absolute atomic E-state index is 13.0. The second kappa shape index (κ2) is 5.32. The van der Waals surface area contributed by atoms with Gasteiger partial charge in [-0.3, -0.25) is 0 Å². The summed E-state index contributed by atoms with van der Waals surface area (Å²) < 4.78 is 13.8. The predicted octanol–water partition coefficient (Wildman–Crippen LogP) is 4.27. The highest BCUT2D eigenvalue weighted by molar-refractivity contribution is 14.1.